The SMILES string of the molecule is Cc1cc(-c2cccc(OCCN(C)C)c2)cc(C(=O)NNS(=O)(=O)CC2CCCCC2)c1F. The summed E-state index contributed by atoms with van der Waals surface area (Å²) >= 11 is 0. The van der Waals surface area contributed by atoms with Gasteiger partial charge in [0, 0.05) is 6.54 Å². The molecule has 2 aromatic rings. The molecule has 2 aromatic carbocycles. The number of hydrogen-bond acceptors (Lipinski definition) is 5. The molecule has 2 N–H and O–H groups in total. The summed E-state index contributed by atoms with van der Waals surface area (Å²) in [5.41, 5.74) is 3.63. The molecule has 186 valence electrons. The van der Waals surface area contributed by atoms with Gasteiger partial charge in [-0.1, -0.05) is 31.4 Å². The Labute approximate surface area is 201 Å². The summed E-state index contributed by atoms with van der Waals surface area (Å²) in [6.07, 6.45) is 4.89. The average molecular weight is 492 g/mol. The van der Waals surface area contributed by atoms with E-state index in [2.05, 4.69) is 10.3 Å². The summed E-state index contributed by atoms with van der Waals surface area (Å²) in [5, 5.41) is 0. The largest absolute Gasteiger partial charge is 0.492 e. The van der Waals surface area contributed by atoms with Gasteiger partial charge in [0.15, 0.2) is 0 Å². The highest BCUT2D eigenvalue weighted by molar-refractivity contribution is 7.89. The number of aryl methyl sites for hydroxylation is 1. The van der Waals surface area contributed by atoms with E-state index in [0.29, 0.717) is 17.9 Å². The van der Waals surface area contributed by atoms with Crippen molar-refractivity contribution in [3.8, 4) is 16.9 Å². The van der Waals surface area contributed by atoms with Crippen LogP contribution < -0.4 is 15.0 Å². The van der Waals surface area contributed by atoms with Crippen LogP contribution in [0.3, 0.4) is 0 Å². The molecular formula is C25H34FN3O4S. The van der Waals surface area contributed by atoms with Crippen LogP contribution in [-0.2, 0) is 10.0 Å². The number of hydrazine groups is 1. The molecule has 0 radical (unpaired) electrons. The van der Waals surface area contributed by atoms with E-state index in [1.807, 2.05) is 43.3 Å². The number of sulfonamides is 1. The Balaban J connectivity index is 1.72. The van der Waals surface area contributed by atoms with Crippen molar-refractivity contribution in [2.45, 2.75) is 39.0 Å². The molecule has 1 aliphatic rings. The molecule has 1 amide bonds. The first-order chi connectivity index (χ1) is 16.1. The van der Waals surface area contributed by atoms with Crippen molar-refractivity contribution in [3.05, 3.63) is 53.3 Å². The second-order valence-corrected chi connectivity index (χ2v) is 10.9. The summed E-state index contributed by atoms with van der Waals surface area (Å²) in [6.45, 7) is 2.86. The average Bonchev–Trinajstić information content (AvgIpc) is 2.79. The van der Waals surface area contributed by atoms with Gasteiger partial charge in [0.25, 0.3) is 5.91 Å². The Hall–Kier alpha value is -2.49. The molecule has 3 rings (SSSR count). The first kappa shape index (κ1) is 26.1. The van der Waals surface area contributed by atoms with Crippen LogP contribution in [0.1, 0.15) is 48.0 Å². The molecule has 0 unspecified atom stereocenters. The molecule has 1 fully saturated rings. The van der Waals surface area contributed by atoms with Crippen LogP contribution >= 0.6 is 0 Å². The molecule has 9 heteroatoms. The van der Waals surface area contributed by atoms with E-state index < -0.39 is 21.7 Å². The molecule has 7 nitrogen and oxygen atoms in total. The lowest BCUT2D eigenvalue weighted by atomic mass is 9.91. The standard InChI is InChI=1S/C25H34FN3O4S/c1-18-14-21(20-10-7-11-22(15-20)33-13-12-29(2)3)16-23(24(18)26)25(30)27-28-34(31,32)17-19-8-5-4-6-9-19/h7,10-11,14-16,19,28H,4-6,8-9,12-13,17H2,1-3H3,(H,27,30). The van der Waals surface area contributed by atoms with E-state index in [1.165, 1.54) is 6.07 Å². The minimum absolute atomic E-state index is 0.0462. The van der Waals surface area contributed by atoms with Gasteiger partial charge in [-0.15, -0.1) is 4.83 Å². The van der Waals surface area contributed by atoms with Crippen LogP contribution in [0.15, 0.2) is 36.4 Å². The van der Waals surface area contributed by atoms with Crippen LogP contribution in [0.2, 0.25) is 0 Å². The molecule has 0 spiro atoms. The zero-order valence-corrected chi connectivity index (χ0v) is 20.9. The van der Waals surface area contributed by atoms with Gasteiger partial charge < -0.3 is 9.64 Å². The summed E-state index contributed by atoms with van der Waals surface area (Å²) < 4.78 is 45.4. The third-order valence-corrected chi connectivity index (χ3v) is 7.30. The van der Waals surface area contributed by atoms with Crippen LogP contribution in [0.4, 0.5) is 4.39 Å². The Bertz CT molecular complexity index is 1100. The number of ether oxygens (including phenoxy) is 1. The molecule has 0 atom stereocenters. The second kappa shape index (κ2) is 11.8. The first-order valence-corrected chi connectivity index (χ1v) is 13.3. The van der Waals surface area contributed by atoms with Crippen molar-refractivity contribution in [2.75, 3.05) is 33.0 Å². The van der Waals surface area contributed by atoms with Gasteiger partial charge in [0.05, 0.1) is 11.3 Å². The minimum atomic E-state index is -3.71. The molecule has 34 heavy (non-hydrogen) atoms. The first-order valence-electron chi connectivity index (χ1n) is 11.6. The number of amides is 1. The maximum Gasteiger partial charge on any atom is 0.269 e. The quantitative estimate of drug-likeness (QED) is 0.493. The van der Waals surface area contributed by atoms with Crippen LogP contribution in [0.25, 0.3) is 11.1 Å². The summed E-state index contributed by atoms with van der Waals surface area (Å²) in [4.78, 5) is 16.9. The van der Waals surface area contributed by atoms with Crippen molar-refractivity contribution in [1.29, 1.82) is 0 Å². The fraction of sp³-hybridized carbons (Fsp3) is 0.480. The normalized spacial score (nSPS) is 14.9. The number of carbonyl (C=O) groups is 1. The highest BCUT2D eigenvalue weighted by atomic mass is 32.2. The number of likely N-dealkylation sites (N-methyl/N-ethyl adjacent to an activating group) is 1. The Morgan fingerprint density at radius 3 is 2.56 bits per heavy atom. The molecule has 0 heterocycles. The van der Waals surface area contributed by atoms with E-state index in [0.717, 1.165) is 44.2 Å². The lowest BCUT2D eigenvalue weighted by Gasteiger charge is -2.21. The van der Waals surface area contributed by atoms with Crippen LogP contribution in [-0.4, -0.2) is 52.2 Å². The van der Waals surface area contributed by atoms with Gasteiger partial charge in [0.2, 0.25) is 10.0 Å². The number of benzene rings is 2. The van der Waals surface area contributed by atoms with E-state index in [4.69, 9.17) is 4.74 Å². The molecule has 0 aromatic heterocycles. The third-order valence-electron chi connectivity index (χ3n) is 5.97. The number of rotatable bonds is 10. The zero-order chi connectivity index (χ0) is 24.7. The number of carbonyl (C=O) groups excluding carboxylic acids is 1. The van der Waals surface area contributed by atoms with E-state index in [9.17, 15) is 17.6 Å². The summed E-state index contributed by atoms with van der Waals surface area (Å²) in [5.74, 6) is -0.824. The molecule has 0 saturated heterocycles. The lowest BCUT2D eigenvalue weighted by Crippen LogP contribution is -2.44. The summed E-state index contributed by atoms with van der Waals surface area (Å²) in [7, 11) is 0.209. The molecule has 1 aliphatic carbocycles. The van der Waals surface area contributed by atoms with E-state index in [1.54, 1.807) is 13.0 Å². The van der Waals surface area contributed by atoms with Gasteiger partial charge in [-0.25, -0.2) is 12.8 Å². The van der Waals surface area contributed by atoms with Crippen molar-refractivity contribution < 1.29 is 22.3 Å². The number of halogens is 1. The Morgan fingerprint density at radius 2 is 1.85 bits per heavy atom. The molecular weight excluding hydrogens is 457 g/mol. The Morgan fingerprint density at radius 1 is 1.12 bits per heavy atom. The van der Waals surface area contributed by atoms with Gasteiger partial charge in [-0.05, 0) is 80.7 Å². The maximum atomic E-state index is 14.8. The topological polar surface area (TPSA) is 87.7 Å². The third kappa shape index (κ3) is 7.51. The summed E-state index contributed by atoms with van der Waals surface area (Å²) in [6, 6.07) is 10.4. The molecule has 0 aliphatic heterocycles. The fourth-order valence-corrected chi connectivity index (χ4v) is 5.40. The van der Waals surface area contributed by atoms with Gasteiger partial charge in [-0.3, -0.25) is 10.2 Å². The van der Waals surface area contributed by atoms with E-state index in [-0.39, 0.29) is 22.8 Å². The van der Waals surface area contributed by atoms with Crippen LogP contribution in [0, 0.1) is 18.7 Å². The Kier molecular flexibility index (Phi) is 9.04. The molecule has 0 bridgehead atoms. The fourth-order valence-electron chi connectivity index (χ4n) is 4.11. The molecule has 1 saturated carbocycles. The minimum Gasteiger partial charge on any atom is -0.492 e. The monoisotopic (exact) mass is 491 g/mol. The predicted octanol–water partition coefficient (Wildman–Crippen LogP) is 3.89. The second-order valence-electron chi connectivity index (χ2n) is 9.18. The number of hydrogen-bond donors (Lipinski definition) is 2. The predicted molar refractivity (Wildman–Crippen MR) is 132 cm³/mol. The number of nitrogens with one attached hydrogen (secondary N) is 2. The van der Waals surface area contributed by atoms with Gasteiger partial charge >= 0.3 is 0 Å². The highest BCUT2D eigenvalue weighted by Crippen LogP contribution is 2.28. The smallest absolute Gasteiger partial charge is 0.269 e. The van der Waals surface area contributed by atoms with Crippen molar-refractivity contribution in [1.82, 2.24) is 15.2 Å². The van der Waals surface area contributed by atoms with Crippen molar-refractivity contribution in [3.63, 3.8) is 0 Å². The van der Waals surface area contributed by atoms with E-state index >= 15 is 0 Å². The van der Waals surface area contributed by atoms with Gasteiger partial charge in [0.1, 0.15) is 18.2 Å². The maximum absolute atomic E-state index is 14.8. The van der Waals surface area contributed by atoms with Crippen LogP contribution in [0.5, 0.6) is 5.75 Å². The lowest BCUT2D eigenvalue weighted by molar-refractivity contribution is 0.0940. The van der Waals surface area contributed by atoms with Crippen molar-refractivity contribution >= 4 is 15.9 Å². The zero-order valence-electron chi connectivity index (χ0n) is 20.1. The van der Waals surface area contributed by atoms with Crippen molar-refractivity contribution in [2.24, 2.45) is 5.92 Å². The highest BCUT2D eigenvalue weighted by Gasteiger charge is 2.23. The number of nitrogens with zero attached hydrogens (tertiary/aromatic N) is 1. The van der Waals surface area contributed by atoms with Gasteiger partial charge in [-0.2, -0.15) is 0 Å².